The van der Waals surface area contributed by atoms with Gasteiger partial charge in [-0.25, -0.2) is 34.9 Å². The number of amidine groups is 7. The molecule has 0 aromatic rings. The lowest BCUT2D eigenvalue weighted by molar-refractivity contribution is 0.476. The minimum Gasteiger partial charge on any atom is -0.376 e. The smallest absolute Gasteiger partial charge is 0.181 e. The Morgan fingerprint density at radius 2 is 0.846 bits per heavy atom. The van der Waals surface area contributed by atoms with Gasteiger partial charge in [-0.2, -0.15) is 15.8 Å². The highest BCUT2D eigenvalue weighted by atomic mass is 15.2. The number of hydrogen-bond acceptors (Lipinski definition) is 16. The molecule has 52 heavy (non-hydrogen) atoms. The van der Waals surface area contributed by atoms with E-state index in [-0.39, 0.29) is 69.0 Å². The maximum absolute atomic E-state index is 10.5. The number of nitrogens with zero attached hydrogens (tertiary/aromatic N) is 10. The summed E-state index contributed by atoms with van der Waals surface area (Å²) in [4.78, 5) is 33.2. The van der Waals surface area contributed by atoms with Gasteiger partial charge in [-0.05, 0) is 89.0 Å². The predicted molar refractivity (Wildman–Crippen MR) is 203 cm³/mol. The van der Waals surface area contributed by atoms with Crippen molar-refractivity contribution in [1.29, 1.82) is 21.2 Å². The van der Waals surface area contributed by atoms with Crippen LogP contribution < -0.4 is 26.6 Å². The van der Waals surface area contributed by atoms with Crippen LogP contribution in [0.1, 0.15) is 83.1 Å². The minimum absolute atomic E-state index is 0.00561. The van der Waals surface area contributed by atoms with Crippen LogP contribution in [0.4, 0.5) is 0 Å². The molecule has 6 N–H and O–H groups in total. The molecule has 0 atom stereocenters. The number of fused-ring (bicyclic) bond motifs is 4. The van der Waals surface area contributed by atoms with Crippen molar-refractivity contribution in [2.24, 2.45) is 34.9 Å². The van der Waals surface area contributed by atoms with E-state index in [0.717, 1.165) is 0 Å². The molecule has 0 saturated heterocycles. The van der Waals surface area contributed by atoms with Crippen molar-refractivity contribution in [2.75, 3.05) is 0 Å². The quantitative estimate of drug-likeness (QED) is 0.236. The van der Waals surface area contributed by atoms with Crippen molar-refractivity contribution in [2.45, 2.75) is 105 Å². The molecule has 0 spiro atoms. The SMILES string of the molecule is CC(C)(C)NC1=C2N=C(N=C3N=C(N=C4N=C(NC5=NC(=N2)C(C#N)=C5NC(C)(C)C)C(C#N)=C4NC(C)(C)C)C(C#N)=C3NC(C)(C)C)C1=C=N. The summed E-state index contributed by atoms with van der Waals surface area (Å²) in [7, 11) is 0. The van der Waals surface area contributed by atoms with Gasteiger partial charge in [-0.3, -0.25) is 5.41 Å². The Morgan fingerprint density at radius 1 is 0.462 bits per heavy atom. The molecule has 5 aliphatic heterocycles. The standard InChI is InChI=1S/C36H42N16/c1-33(2,3)49-21-17(13-37)25-41-29(21)45-26-18(14-38)22(50-34(4,5)6)31(42-26)47-28-20(16-40)24(52-36(10,11)12)32(44-28)48-27-19(15-39)23(30(43-27)46-25)51-35(7,8)9/h37,49-52H,1-12H3,(H,41,42,43,44,45,46,47,48). The molecule has 0 aromatic heterocycles. The van der Waals surface area contributed by atoms with Crippen LogP contribution in [-0.4, -0.2) is 68.9 Å². The van der Waals surface area contributed by atoms with E-state index in [1.54, 1.807) is 0 Å². The number of nitriles is 3. The monoisotopic (exact) mass is 698 g/mol. The Bertz CT molecular complexity index is 2200. The van der Waals surface area contributed by atoms with Gasteiger partial charge in [0.2, 0.25) is 0 Å². The van der Waals surface area contributed by atoms with E-state index in [0.29, 0.717) is 22.8 Å². The normalized spacial score (nSPS) is 18.9. The molecule has 0 unspecified atom stereocenters. The van der Waals surface area contributed by atoms with Crippen molar-refractivity contribution in [3.63, 3.8) is 0 Å². The van der Waals surface area contributed by atoms with Crippen LogP contribution in [0.2, 0.25) is 0 Å². The van der Waals surface area contributed by atoms with Crippen LogP contribution in [0.3, 0.4) is 0 Å². The Kier molecular flexibility index (Phi) is 9.01. The lowest BCUT2D eigenvalue weighted by Gasteiger charge is -2.24. The van der Waals surface area contributed by atoms with Crippen LogP contribution in [0.15, 0.2) is 85.8 Å². The molecule has 8 bridgehead atoms. The lowest BCUT2D eigenvalue weighted by atomic mass is 10.1. The second-order valence-corrected chi connectivity index (χ2v) is 16.5. The maximum atomic E-state index is 10.5. The Labute approximate surface area is 303 Å². The molecule has 5 aliphatic rings. The molecule has 266 valence electrons. The van der Waals surface area contributed by atoms with E-state index in [1.807, 2.05) is 83.1 Å². The fourth-order valence-electron chi connectivity index (χ4n) is 5.26. The highest BCUT2D eigenvalue weighted by molar-refractivity contribution is 6.34. The predicted octanol–water partition coefficient (Wildman–Crippen LogP) is 3.66. The number of nitrogens with one attached hydrogen (secondary N) is 6. The molecule has 0 radical (unpaired) electrons. The summed E-state index contributed by atoms with van der Waals surface area (Å²) < 4.78 is 0. The van der Waals surface area contributed by atoms with Crippen LogP contribution in [0, 0.1) is 39.4 Å². The van der Waals surface area contributed by atoms with Crippen LogP contribution in [0.5, 0.6) is 0 Å². The third-order valence-electron chi connectivity index (χ3n) is 7.01. The van der Waals surface area contributed by atoms with E-state index < -0.39 is 22.2 Å². The van der Waals surface area contributed by atoms with Gasteiger partial charge in [0.05, 0.1) is 5.70 Å². The first-order valence-electron chi connectivity index (χ1n) is 16.6. The third kappa shape index (κ3) is 7.65. The number of hydrogen-bond donors (Lipinski definition) is 6. The van der Waals surface area contributed by atoms with E-state index in [2.05, 4.69) is 50.7 Å². The molecule has 0 aliphatic carbocycles. The van der Waals surface area contributed by atoms with Gasteiger partial charge >= 0.3 is 0 Å². The van der Waals surface area contributed by atoms with Crippen LogP contribution >= 0.6 is 0 Å². The summed E-state index contributed by atoms with van der Waals surface area (Å²) in [6.45, 7) is 23.2. The Hall–Kier alpha value is -6.43. The van der Waals surface area contributed by atoms with Crippen molar-refractivity contribution in [3.8, 4) is 18.2 Å². The van der Waals surface area contributed by atoms with Gasteiger partial charge in [0.25, 0.3) is 0 Å². The summed E-state index contributed by atoms with van der Waals surface area (Å²) in [6, 6.07) is 6.69. The van der Waals surface area contributed by atoms with Gasteiger partial charge in [0, 0.05) is 22.2 Å². The van der Waals surface area contributed by atoms with Gasteiger partial charge in [-0.15, -0.1) is 0 Å². The van der Waals surface area contributed by atoms with Gasteiger partial charge in [-0.1, -0.05) is 0 Å². The fourth-order valence-corrected chi connectivity index (χ4v) is 5.26. The van der Waals surface area contributed by atoms with Gasteiger partial charge in [0.15, 0.2) is 46.7 Å². The van der Waals surface area contributed by atoms with Crippen molar-refractivity contribution in [1.82, 2.24) is 26.6 Å². The topological polar surface area (TPSA) is 242 Å². The van der Waals surface area contributed by atoms with E-state index in [9.17, 15) is 15.8 Å². The summed E-state index contributed by atoms with van der Waals surface area (Å²) in [5, 5.41) is 56.3. The van der Waals surface area contributed by atoms with E-state index in [1.165, 1.54) is 0 Å². The molecule has 0 fully saturated rings. The van der Waals surface area contributed by atoms with Crippen molar-refractivity contribution >= 4 is 46.7 Å². The van der Waals surface area contributed by atoms with Crippen molar-refractivity contribution < 1.29 is 0 Å². The first kappa shape index (κ1) is 36.8. The molecule has 16 nitrogen and oxygen atoms in total. The summed E-state index contributed by atoms with van der Waals surface area (Å²) in [5.41, 5.74) is -0.302. The first-order chi connectivity index (χ1) is 24.0. The van der Waals surface area contributed by atoms with Crippen molar-refractivity contribution in [3.05, 3.63) is 50.9 Å². The zero-order valence-electron chi connectivity index (χ0n) is 31.5. The highest BCUT2D eigenvalue weighted by Gasteiger charge is 2.37. The zero-order chi connectivity index (χ0) is 38.6. The molecule has 5 rings (SSSR count). The average Bonchev–Trinajstić information content (AvgIpc) is 3.67. The van der Waals surface area contributed by atoms with E-state index >= 15 is 0 Å². The highest BCUT2D eigenvalue weighted by Crippen LogP contribution is 2.30. The fraction of sp³-hybridized carbons (Fsp3) is 0.444. The lowest BCUT2D eigenvalue weighted by Crippen LogP contribution is -2.43. The third-order valence-corrected chi connectivity index (χ3v) is 7.01. The Balaban J connectivity index is 1.90. The minimum atomic E-state index is -0.534. The van der Waals surface area contributed by atoms with Gasteiger partial charge < -0.3 is 26.6 Å². The summed E-state index contributed by atoms with van der Waals surface area (Å²) in [5.74, 6) is 3.10. The maximum Gasteiger partial charge on any atom is 0.181 e. The molecule has 0 saturated carbocycles. The summed E-state index contributed by atoms with van der Waals surface area (Å²) in [6.07, 6.45) is 0. The molecule has 16 heteroatoms. The molecule has 0 amide bonds. The molecular weight excluding hydrogens is 657 g/mol. The Morgan fingerprint density at radius 3 is 1.37 bits per heavy atom. The summed E-state index contributed by atoms with van der Waals surface area (Å²) >= 11 is 0. The second-order valence-electron chi connectivity index (χ2n) is 16.5. The van der Waals surface area contributed by atoms with Gasteiger partial charge in [0.1, 0.15) is 57.6 Å². The molecular formula is C36H42N16. The number of aliphatic imine (C=N–C) groups is 7. The molecule has 0 aromatic carbocycles. The second kappa shape index (κ2) is 12.7. The average molecular weight is 699 g/mol. The van der Waals surface area contributed by atoms with E-state index in [4.69, 9.17) is 40.4 Å². The molecule has 5 heterocycles. The number of rotatable bonds is 4. The van der Waals surface area contributed by atoms with Crippen LogP contribution in [-0.2, 0) is 0 Å². The first-order valence-corrected chi connectivity index (χ1v) is 16.6. The van der Waals surface area contributed by atoms with Crippen LogP contribution in [0.25, 0.3) is 0 Å². The largest absolute Gasteiger partial charge is 0.376 e. The zero-order valence-corrected chi connectivity index (χ0v) is 31.5.